The first-order chi connectivity index (χ1) is 11.6. The lowest BCUT2D eigenvalue weighted by atomic mass is 9.41. The van der Waals surface area contributed by atoms with Gasteiger partial charge in [-0.05, 0) is 74.5 Å². The minimum Gasteiger partial charge on any atom is -0.393 e. The van der Waals surface area contributed by atoms with Crippen LogP contribution in [-0.2, 0) is 9.59 Å². The lowest BCUT2D eigenvalue weighted by Gasteiger charge is -2.63. The van der Waals surface area contributed by atoms with Crippen LogP contribution in [0.2, 0.25) is 0 Å². The van der Waals surface area contributed by atoms with E-state index < -0.39 is 5.60 Å². The van der Waals surface area contributed by atoms with Crippen molar-refractivity contribution in [2.45, 2.75) is 83.8 Å². The third kappa shape index (κ3) is 2.19. The van der Waals surface area contributed by atoms with Crippen LogP contribution in [0.25, 0.3) is 0 Å². The molecule has 4 heteroatoms. The third-order valence-corrected chi connectivity index (χ3v) is 9.12. The lowest BCUT2D eigenvalue weighted by molar-refractivity contribution is -0.178. The maximum atomic E-state index is 13.3. The summed E-state index contributed by atoms with van der Waals surface area (Å²) in [6.45, 7) is 6.02. The van der Waals surface area contributed by atoms with Crippen LogP contribution < -0.4 is 0 Å². The Morgan fingerprint density at radius 3 is 2.44 bits per heavy atom. The standard InChI is InChI=1S/C21H32O4/c1-12(22)21(25)9-6-14-15-5-7-19(2)11-13(23)4-8-20(19,3)18(15)17(24)10-16(14)21/h13-16,18,23,25H,4-11H2,1-3H3/t13-,14-,15-,16-,18+,19-,20+,21-/m0/s1. The summed E-state index contributed by atoms with van der Waals surface area (Å²) in [4.78, 5) is 25.4. The van der Waals surface area contributed by atoms with Crippen LogP contribution in [0.5, 0.6) is 0 Å². The van der Waals surface area contributed by atoms with E-state index in [1.54, 1.807) is 0 Å². The van der Waals surface area contributed by atoms with Gasteiger partial charge < -0.3 is 10.2 Å². The van der Waals surface area contributed by atoms with E-state index in [2.05, 4.69) is 13.8 Å². The summed E-state index contributed by atoms with van der Waals surface area (Å²) in [7, 11) is 0. The highest BCUT2D eigenvalue weighted by Gasteiger charge is 2.65. The number of aliphatic hydroxyl groups is 2. The zero-order valence-electron chi connectivity index (χ0n) is 15.8. The van der Waals surface area contributed by atoms with Gasteiger partial charge in [-0.1, -0.05) is 13.8 Å². The van der Waals surface area contributed by atoms with Gasteiger partial charge in [-0.3, -0.25) is 9.59 Å². The fraction of sp³-hybridized carbons (Fsp3) is 0.905. The number of hydrogen-bond donors (Lipinski definition) is 2. The molecular weight excluding hydrogens is 316 g/mol. The van der Waals surface area contributed by atoms with Gasteiger partial charge in [0, 0.05) is 18.3 Å². The van der Waals surface area contributed by atoms with Crippen LogP contribution in [0.15, 0.2) is 0 Å². The molecule has 0 radical (unpaired) electrons. The highest BCUT2D eigenvalue weighted by Crippen LogP contribution is 2.67. The van der Waals surface area contributed by atoms with Crippen LogP contribution in [0.4, 0.5) is 0 Å². The minimum atomic E-state index is -1.28. The second kappa shape index (κ2) is 5.39. The molecule has 4 fully saturated rings. The molecule has 0 bridgehead atoms. The van der Waals surface area contributed by atoms with Crippen molar-refractivity contribution >= 4 is 11.6 Å². The molecule has 4 rings (SSSR count). The van der Waals surface area contributed by atoms with E-state index in [4.69, 9.17) is 0 Å². The summed E-state index contributed by atoms with van der Waals surface area (Å²) in [5, 5.41) is 21.1. The molecule has 4 aliphatic carbocycles. The summed E-state index contributed by atoms with van der Waals surface area (Å²) in [5.74, 6) is 0.546. The van der Waals surface area contributed by atoms with E-state index in [1.165, 1.54) is 6.92 Å². The number of fused-ring (bicyclic) bond motifs is 5. The molecule has 4 saturated carbocycles. The number of Topliss-reactive ketones (excluding diaryl/α,β-unsaturated/α-hetero) is 2. The van der Waals surface area contributed by atoms with Crippen LogP contribution in [0.1, 0.15) is 72.1 Å². The number of aliphatic hydroxyl groups excluding tert-OH is 1. The first-order valence-electron chi connectivity index (χ1n) is 10.1. The molecule has 0 aliphatic heterocycles. The summed E-state index contributed by atoms with van der Waals surface area (Å²) >= 11 is 0. The SMILES string of the molecule is CC(=O)[C@@]1(O)CC[C@H]2[C@@H]3CC[C@@]4(C)C[C@@H](O)CC[C@]4(C)[C@H]3C(=O)C[C@@H]21. The van der Waals surface area contributed by atoms with E-state index in [-0.39, 0.29) is 40.3 Å². The van der Waals surface area contributed by atoms with Gasteiger partial charge in [0.05, 0.1) is 6.10 Å². The van der Waals surface area contributed by atoms with Crippen molar-refractivity contribution in [1.29, 1.82) is 0 Å². The predicted molar refractivity (Wildman–Crippen MR) is 93.8 cm³/mol. The molecule has 0 aromatic rings. The normalized spacial score (nSPS) is 55.2. The molecule has 0 heterocycles. The molecule has 4 nitrogen and oxygen atoms in total. The summed E-state index contributed by atoms with van der Waals surface area (Å²) < 4.78 is 0. The monoisotopic (exact) mass is 348 g/mol. The Labute approximate surface area is 150 Å². The second-order valence-electron chi connectivity index (χ2n) is 10.0. The highest BCUT2D eigenvalue weighted by atomic mass is 16.3. The van der Waals surface area contributed by atoms with Crippen molar-refractivity contribution in [2.75, 3.05) is 0 Å². The number of rotatable bonds is 1. The number of carbonyl (C=O) groups excluding carboxylic acids is 2. The Morgan fingerprint density at radius 2 is 1.76 bits per heavy atom. The first-order valence-corrected chi connectivity index (χ1v) is 10.1. The zero-order chi connectivity index (χ0) is 18.2. The number of ketones is 2. The van der Waals surface area contributed by atoms with Gasteiger partial charge in [-0.2, -0.15) is 0 Å². The molecule has 0 aromatic carbocycles. The van der Waals surface area contributed by atoms with Crippen molar-refractivity contribution in [3.63, 3.8) is 0 Å². The summed E-state index contributed by atoms with van der Waals surface area (Å²) in [6, 6.07) is 0. The van der Waals surface area contributed by atoms with Gasteiger partial charge in [0.25, 0.3) is 0 Å². The molecule has 25 heavy (non-hydrogen) atoms. The van der Waals surface area contributed by atoms with Crippen molar-refractivity contribution in [1.82, 2.24) is 0 Å². The van der Waals surface area contributed by atoms with Crippen molar-refractivity contribution in [3.8, 4) is 0 Å². The molecule has 0 aromatic heterocycles. The Balaban J connectivity index is 1.70. The maximum absolute atomic E-state index is 13.3. The van der Waals surface area contributed by atoms with Gasteiger partial charge in [0.2, 0.25) is 0 Å². The van der Waals surface area contributed by atoms with Crippen LogP contribution in [-0.4, -0.2) is 33.5 Å². The van der Waals surface area contributed by atoms with Crippen molar-refractivity contribution < 1.29 is 19.8 Å². The molecular formula is C21H32O4. The van der Waals surface area contributed by atoms with Gasteiger partial charge in [0.1, 0.15) is 11.4 Å². The molecule has 4 aliphatic rings. The molecule has 2 N–H and O–H groups in total. The van der Waals surface area contributed by atoms with E-state index in [9.17, 15) is 19.8 Å². The van der Waals surface area contributed by atoms with Gasteiger partial charge in [0.15, 0.2) is 5.78 Å². The molecule has 0 spiro atoms. The zero-order valence-corrected chi connectivity index (χ0v) is 15.8. The smallest absolute Gasteiger partial charge is 0.161 e. The minimum absolute atomic E-state index is 0.0177. The molecule has 140 valence electrons. The van der Waals surface area contributed by atoms with Crippen molar-refractivity contribution in [2.24, 2.45) is 34.5 Å². The van der Waals surface area contributed by atoms with Crippen LogP contribution in [0.3, 0.4) is 0 Å². The van der Waals surface area contributed by atoms with E-state index in [0.29, 0.717) is 24.7 Å². The van der Waals surface area contributed by atoms with E-state index in [0.717, 1.165) is 38.5 Å². The van der Waals surface area contributed by atoms with Gasteiger partial charge >= 0.3 is 0 Å². The number of hydrogen-bond acceptors (Lipinski definition) is 4. The molecule has 8 atom stereocenters. The number of carbonyl (C=O) groups is 2. The largest absolute Gasteiger partial charge is 0.393 e. The highest BCUT2D eigenvalue weighted by molar-refractivity contribution is 5.89. The average molecular weight is 348 g/mol. The Bertz CT molecular complexity index is 615. The topological polar surface area (TPSA) is 74.6 Å². The van der Waals surface area contributed by atoms with Crippen LogP contribution >= 0.6 is 0 Å². The fourth-order valence-electron chi connectivity index (χ4n) is 7.46. The third-order valence-electron chi connectivity index (χ3n) is 9.12. The van der Waals surface area contributed by atoms with E-state index in [1.807, 2.05) is 0 Å². The fourth-order valence-corrected chi connectivity index (χ4v) is 7.46. The Kier molecular flexibility index (Phi) is 3.81. The molecule has 0 amide bonds. The average Bonchev–Trinajstić information content (AvgIpc) is 2.87. The van der Waals surface area contributed by atoms with Gasteiger partial charge in [-0.25, -0.2) is 0 Å². The molecule has 0 unspecified atom stereocenters. The quantitative estimate of drug-likeness (QED) is 0.764. The Hall–Kier alpha value is -0.740. The first kappa shape index (κ1) is 17.7. The Morgan fingerprint density at radius 1 is 1.08 bits per heavy atom. The second-order valence-corrected chi connectivity index (χ2v) is 10.0. The maximum Gasteiger partial charge on any atom is 0.161 e. The summed E-state index contributed by atoms with van der Waals surface area (Å²) in [6.07, 6.45) is 6.02. The van der Waals surface area contributed by atoms with E-state index >= 15 is 0 Å². The predicted octanol–water partition coefficient (Wildman–Crippen LogP) is 2.89. The summed E-state index contributed by atoms with van der Waals surface area (Å²) in [5.41, 5.74) is -1.33. The van der Waals surface area contributed by atoms with Crippen molar-refractivity contribution in [3.05, 3.63) is 0 Å². The van der Waals surface area contributed by atoms with Gasteiger partial charge in [-0.15, -0.1) is 0 Å². The van der Waals surface area contributed by atoms with Crippen LogP contribution in [0, 0.1) is 34.5 Å². The molecule has 0 saturated heterocycles. The lowest BCUT2D eigenvalue weighted by Crippen LogP contribution is -2.61.